The van der Waals surface area contributed by atoms with Crippen LogP contribution in [0.5, 0.6) is 17.2 Å². The molecule has 226 valence electrons. The summed E-state index contributed by atoms with van der Waals surface area (Å²) in [6, 6.07) is 43.7. The summed E-state index contributed by atoms with van der Waals surface area (Å²) in [6.07, 6.45) is 0. The summed E-state index contributed by atoms with van der Waals surface area (Å²) in [5, 5.41) is 13.9. The minimum Gasteiger partial charge on any atom is -0.497 e. The van der Waals surface area contributed by atoms with E-state index >= 15 is 0 Å². The standard InChI is InChI=1S/C42H34O4/c1-41-35-11-5-8-32(26-14-20-29(44-2)21-15-26)38(35)42(43,39-33(9-6-12-36(39)41)27-16-22-30(45-3)23-17-27)40-34(10-7-13-37(40)41)28-18-24-31(46-4)25-19-28/h5-25,43H,1-4H3. The highest BCUT2D eigenvalue weighted by atomic mass is 16.5. The molecular formula is C42H34O4. The topological polar surface area (TPSA) is 47.9 Å². The van der Waals surface area contributed by atoms with Crippen LogP contribution in [0.1, 0.15) is 40.3 Å². The lowest BCUT2D eigenvalue weighted by atomic mass is 9.49. The number of rotatable bonds is 6. The second-order valence-corrected chi connectivity index (χ2v) is 12.2. The van der Waals surface area contributed by atoms with Crippen molar-refractivity contribution in [2.45, 2.75) is 17.9 Å². The number of hydrogen-bond donors (Lipinski definition) is 1. The van der Waals surface area contributed by atoms with Crippen LogP contribution in [-0.2, 0) is 11.0 Å². The number of aliphatic hydroxyl groups is 1. The van der Waals surface area contributed by atoms with Crippen molar-refractivity contribution in [3.05, 3.63) is 161 Å². The molecule has 0 aliphatic heterocycles. The van der Waals surface area contributed by atoms with Crippen LogP contribution in [0.2, 0.25) is 0 Å². The first-order chi connectivity index (χ1) is 22.4. The Kier molecular flexibility index (Phi) is 6.35. The number of methoxy groups -OCH3 is 3. The first kappa shape index (κ1) is 28.2. The highest BCUT2D eigenvalue weighted by molar-refractivity contribution is 5.90. The van der Waals surface area contributed by atoms with Gasteiger partial charge in [-0.15, -0.1) is 0 Å². The maximum Gasteiger partial charge on any atom is 0.143 e. The van der Waals surface area contributed by atoms with E-state index in [-0.39, 0.29) is 0 Å². The van der Waals surface area contributed by atoms with Crippen LogP contribution in [-0.4, -0.2) is 26.4 Å². The summed E-state index contributed by atoms with van der Waals surface area (Å²) in [6.45, 7) is 2.32. The van der Waals surface area contributed by atoms with Gasteiger partial charge in [-0.1, -0.05) is 91.0 Å². The molecule has 0 amide bonds. The molecule has 9 rings (SSSR count). The van der Waals surface area contributed by atoms with Gasteiger partial charge in [-0.2, -0.15) is 0 Å². The first-order valence-electron chi connectivity index (χ1n) is 15.5. The van der Waals surface area contributed by atoms with Crippen molar-refractivity contribution in [1.29, 1.82) is 0 Å². The molecule has 46 heavy (non-hydrogen) atoms. The number of hydrogen-bond acceptors (Lipinski definition) is 4. The van der Waals surface area contributed by atoms with Crippen LogP contribution in [0.4, 0.5) is 0 Å². The number of benzene rings is 6. The molecule has 4 nitrogen and oxygen atoms in total. The van der Waals surface area contributed by atoms with E-state index in [1.807, 2.05) is 36.4 Å². The predicted molar refractivity (Wildman–Crippen MR) is 183 cm³/mol. The van der Waals surface area contributed by atoms with Crippen LogP contribution in [0.3, 0.4) is 0 Å². The summed E-state index contributed by atoms with van der Waals surface area (Å²) < 4.78 is 16.5. The van der Waals surface area contributed by atoms with E-state index in [0.29, 0.717) is 0 Å². The SMILES string of the molecule is COc1ccc(-c2cccc3c2C2(O)c4c(-c5ccc(OC)cc5)cccc4C3(C)c3cccc(-c4ccc(OC)cc4)c32)cc1. The maximum atomic E-state index is 13.9. The van der Waals surface area contributed by atoms with Crippen molar-refractivity contribution < 1.29 is 19.3 Å². The molecule has 1 N–H and O–H groups in total. The van der Waals surface area contributed by atoms with Crippen LogP contribution in [0.25, 0.3) is 33.4 Å². The summed E-state index contributed by atoms with van der Waals surface area (Å²) in [5.41, 5.74) is 10.2. The largest absolute Gasteiger partial charge is 0.497 e. The van der Waals surface area contributed by atoms with Crippen molar-refractivity contribution in [3.63, 3.8) is 0 Å². The van der Waals surface area contributed by atoms with Crippen molar-refractivity contribution in [2.75, 3.05) is 21.3 Å². The predicted octanol–water partition coefficient (Wildman–Crippen LogP) is 8.98. The van der Waals surface area contributed by atoms with Gasteiger partial charge in [0, 0.05) is 22.1 Å². The van der Waals surface area contributed by atoms with Gasteiger partial charge in [-0.05, 0) is 93.4 Å². The fourth-order valence-electron chi connectivity index (χ4n) is 7.92. The van der Waals surface area contributed by atoms with E-state index in [4.69, 9.17) is 14.2 Å². The fraction of sp³-hybridized carbons (Fsp3) is 0.143. The first-order valence-corrected chi connectivity index (χ1v) is 15.5. The Morgan fingerprint density at radius 1 is 0.413 bits per heavy atom. The van der Waals surface area contributed by atoms with Gasteiger partial charge in [-0.3, -0.25) is 0 Å². The highest BCUT2D eigenvalue weighted by Crippen LogP contribution is 2.65. The maximum absolute atomic E-state index is 13.9. The molecular weight excluding hydrogens is 568 g/mol. The minimum absolute atomic E-state index is 0.530. The van der Waals surface area contributed by atoms with E-state index < -0.39 is 11.0 Å². The molecule has 0 radical (unpaired) electrons. The Morgan fingerprint density at radius 2 is 0.696 bits per heavy atom. The summed E-state index contributed by atoms with van der Waals surface area (Å²) in [4.78, 5) is 0. The summed E-state index contributed by atoms with van der Waals surface area (Å²) in [5.74, 6) is 2.38. The van der Waals surface area contributed by atoms with E-state index in [9.17, 15) is 5.11 Å². The highest BCUT2D eigenvalue weighted by Gasteiger charge is 2.59. The Bertz CT molecular complexity index is 1870. The average Bonchev–Trinajstić information content (AvgIpc) is 3.12. The quantitative estimate of drug-likeness (QED) is 0.207. The Morgan fingerprint density at radius 3 is 0.957 bits per heavy atom. The zero-order valence-corrected chi connectivity index (χ0v) is 26.3. The zero-order chi connectivity index (χ0) is 31.6. The average molecular weight is 603 g/mol. The van der Waals surface area contributed by atoms with E-state index in [0.717, 1.165) is 84.0 Å². The summed E-state index contributed by atoms with van der Waals surface area (Å²) in [7, 11) is 5.03. The summed E-state index contributed by atoms with van der Waals surface area (Å²) >= 11 is 0. The molecule has 0 atom stereocenters. The molecule has 2 bridgehead atoms. The second-order valence-electron chi connectivity index (χ2n) is 12.2. The van der Waals surface area contributed by atoms with Gasteiger partial charge in [-0.25, -0.2) is 0 Å². The Hall–Kier alpha value is -5.32. The van der Waals surface area contributed by atoms with Crippen LogP contribution >= 0.6 is 0 Å². The zero-order valence-electron chi connectivity index (χ0n) is 26.3. The van der Waals surface area contributed by atoms with Crippen molar-refractivity contribution >= 4 is 0 Å². The van der Waals surface area contributed by atoms with Crippen molar-refractivity contribution in [3.8, 4) is 50.6 Å². The molecule has 0 aromatic heterocycles. The molecule has 0 heterocycles. The second kappa shape index (κ2) is 10.4. The minimum atomic E-state index is -1.47. The lowest BCUT2D eigenvalue weighted by molar-refractivity contribution is 0.109. The fourth-order valence-corrected chi connectivity index (χ4v) is 7.92. The van der Waals surface area contributed by atoms with Gasteiger partial charge < -0.3 is 19.3 Å². The molecule has 0 unspecified atom stereocenters. The molecule has 0 saturated heterocycles. The molecule has 0 spiro atoms. The third kappa shape index (κ3) is 3.77. The van der Waals surface area contributed by atoms with E-state index in [1.54, 1.807) is 21.3 Å². The normalized spacial score (nSPS) is 18.7. The van der Waals surface area contributed by atoms with E-state index in [1.165, 1.54) is 0 Å². The van der Waals surface area contributed by atoms with Crippen LogP contribution in [0, 0.1) is 0 Å². The molecule has 0 saturated carbocycles. The van der Waals surface area contributed by atoms with Gasteiger partial charge in [0.25, 0.3) is 0 Å². The van der Waals surface area contributed by atoms with Gasteiger partial charge in [0.05, 0.1) is 21.3 Å². The molecule has 4 heteroatoms. The molecule has 3 aliphatic carbocycles. The van der Waals surface area contributed by atoms with E-state index in [2.05, 4.69) is 97.9 Å². The lowest BCUT2D eigenvalue weighted by Crippen LogP contribution is -2.50. The Labute approximate surface area is 269 Å². The molecule has 6 aromatic carbocycles. The number of ether oxygens (including phenoxy) is 3. The Balaban J connectivity index is 1.50. The lowest BCUT2D eigenvalue weighted by Gasteiger charge is -2.55. The molecule has 3 aliphatic rings. The monoisotopic (exact) mass is 602 g/mol. The third-order valence-corrected chi connectivity index (χ3v) is 10.1. The van der Waals surface area contributed by atoms with Crippen LogP contribution in [0.15, 0.2) is 127 Å². The van der Waals surface area contributed by atoms with Crippen molar-refractivity contribution in [1.82, 2.24) is 0 Å². The third-order valence-electron chi connectivity index (χ3n) is 10.1. The van der Waals surface area contributed by atoms with Gasteiger partial charge >= 0.3 is 0 Å². The van der Waals surface area contributed by atoms with Gasteiger partial charge in [0.2, 0.25) is 0 Å². The van der Waals surface area contributed by atoms with Crippen LogP contribution < -0.4 is 14.2 Å². The van der Waals surface area contributed by atoms with Crippen molar-refractivity contribution in [2.24, 2.45) is 0 Å². The molecule has 0 fully saturated rings. The van der Waals surface area contributed by atoms with Gasteiger partial charge in [0.1, 0.15) is 22.8 Å². The smallest absolute Gasteiger partial charge is 0.143 e. The van der Waals surface area contributed by atoms with Gasteiger partial charge in [0.15, 0.2) is 0 Å². The molecule has 6 aromatic rings.